The van der Waals surface area contributed by atoms with Gasteiger partial charge in [-0.3, -0.25) is 9.36 Å². The first-order valence-corrected chi connectivity index (χ1v) is 6.69. The topological polar surface area (TPSA) is 47.7 Å². The van der Waals surface area contributed by atoms with Crippen molar-refractivity contribution in [2.45, 2.75) is 25.6 Å². The summed E-state index contributed by atoms with van der Waals surface area (Å²) >= 11 is 0. The zero-order chi connectivity index (χ0) is 15.4. The molecule has 2 aromatic heterocycles. The van der Waals surface area contributed by atoms with Crippen LogP contribution >= 0.6 is 12.4 Å². The summed E-state index contributed by atoms with van der Waals surface area (Å²) in [5.74, 6) is 0. The molecule has 1 aliphatic rings. The van der Waals surface area contributed by atoms with Crippen molar-refractivity contribution < 1.29 is 13.2 Å². The van der Waals surface area contributed by atoms with E-state index >= 15 is 0 Å². The number of fused-ring (bicyclic) bond motifs is 1. The number of halogens is 4. The van der Waals surface area contributed by atoms with Crippen LogP contribution in [0.3, 0.4) is 0 Å². The van der Waals surface area contributed by atoms with Gasteiger partial charge in [0.2, 0.25) is 0 Å². The van der Waals surface area contributed by atoms with Crippen molar-refractivity contribution in [2.24, 2.45) is 14.1 Å². The van der Waals surface area contributed by atoms with E-state index in [4.69, 9.17) is 0 Å². The van der Waals surface area contributed by atoms with Gasteiger partial charge in [-0.1, -0.05) is 0 Å². The minimum Gasteiger partial charge on any atom is -0.308 e. The summed E-state index contributed by atoms with van der Waals surface area (Å²) in [5, 5.41) is 11.2. The van der Waals surface area contributed by atoms with Crippen molar-refractivity contribution in [3.05, 3.63) is 23.1 Å². The van der Waals surface area contributed by atoms with E-state index in [0.29, 0.717) is 12.1 Å². The lowest BCUT2D eigenvalue weighted by molar-refractivity contribution is -0.141. The van der Waals surface area contributed by atoms with Crippen LogP contribution in [0.2, 0.25) is 0 Å². The third-order valence-electron chi connectivity index (χ3n) is 3.76. The third-order valence-corrected chi connectivity index (χ3v) is 3.76. The normalized spacial score (nSPS) is 18.0. The SMILES string of the molecule is C[C@@H]1NCCc2c1nn(C)c2-c1cn(C)nc1C(F)(F)F.Cl. The molecule has 0 bridgehead atoms. The lowest BCUT2D eigenvalue weighted by Gasteiger charge is -2.19. The van der Waals surface area contributed by atoms with Crippen LogP contribution < -0.4 is 5.32 Å². The van der Waals surface area contributed by atoms with Gasteiger partial charge in [0.05, 0.1) is 17.0 Å². The molecule has 1 atom stereocenters. The Labute approximate surface area is 131 Å². The highest BCUT2D eigenvalue weighted by atomic mass is 35.5. The minimum absolute atomic E-state index is 0. The molecule has 0 aliphatic carbocycles. The van der Waals surface area contributed by atoms with Crippen LogP contribution in [0.5, 0.6) is 0 Å². The van der Waals surface area contributed by atoms with E-state index in [2.05, 4.69) is 15.5 Å². The monoisotopic (exact) mass is 335 g/mol. The van der Waals surface area contributed by atoms with Crippen LogP contribution in [-0.2, 0) is 26.7 Å². The number of hydrogen-bond acceptors (Lipinski definition) is 3. The smallest absolute Gasteiger partial charge is 0.308 e. The maximum atomic E-state index is 13.2. The third kappa shape index (κ3) is 2.61. The van der Waals surface area contributed by atoms with Gasteiger partial charge in [-0.15, -0.1) is 12.4 Å². The first kappa shape index (κ1) is 16.8. The van der Waals surface area contributed by atoms with Gasteiger partial charge in [0, 0.05) is 31.9 Å². The van der Waals surface area contributed by atoms with E-state index in [1.165, 1.54) is 22.6 Å². The predicted molar refractivity (Wildman–Crippen MR) is 77.8 cm³/mol. The first-order valence-electron chi connectivity index (χ1n) is 6.69. The molecule has 3 rings (SSSR count). The van der Waals surface area contributed by atoms with Gasteiger partial charge in [0.25, 0.3) is 0 Å². The van der Waals surface area contributed by atoms with E-state index in [1.54, 1.807) is 7.05 Å². The number of hydrogen-bond donors (Lipinski definition) is 1. The number of rotatable bonds is 1. The molecule has 1 aliphatic heterocycles. The summed E-state index contributed by atoms with van der Waals surface area (Å²) in [5.41, 5.74) is 1.44. The Hall–Kier alpha value is -1.54. The molecule has 3 heterocycles. The highest BCUT2D eigenvalue weighted by Gasteiger charge is 2.39. The van der Waals surface area contributed by atoms with Crippen LogP contribution in [-0.4, -0.2) is 26.1 Å². The lowest BCUT2D eigenvalue weighted by atomic mass is 9.97. The molecule has 9 heteroatoms. The van der Waals surface area contributed by atoms with E-state index in [9.17, 15) is 13.2 Å². The van der Waals surface area contributed by atoms with Crippen LogP contribution in [0.15, 0.2) is 6.20 Å². The van der Waals surface area contributed by atoms with Crippen molar-refractivity contribution in [3.8, 4) is 11.3 Å². The summed E-state index contributed by atoms with van der Waals surface area (Å²) in [6.45, 7) is 2.69. The van der Waals surface area contributed by atoms with Crippen LogP contribution in [0, 0.1) is 0 Å². The van der Waals surface area contributed by atoms with Gasteiger partial charge >= 0.3 is 6.18 Å². The van der Waals surface area contributed by atoms with Crippen molar-refractivity contribution >= 4 is 12.4 Å². The Morgan fingerprint density at radius 2 is 1.95 bits per heavy atom. The molecule has 0 fully saturated rings. The number of nitrogens with zero attached hydrogens (tertiary/aromatic N) is 4. The van der Waals surface area contributed by atoms with E-state index in [0.717, 1.165) is 17.8 Å². The van der Waals surface area contributed by atoms with Crippen molar-refractivity contribution in [1.29, 1.82) is 0 Å². The summed E-state index contributed by atoms with van der Waals surface area (Å²) in [7, 11) is 3.17. The fourth-order valence-corrected chi connectivity index (χ4v) is 2.90. The molecule has 0 saturated heterocycles. The Bertz CT molecular complexity index is 689. The Morgan fingerprint density at radius 3 is 2.59 bits per heavy atom. The largest absolute Gasteiger partial charge is 0.435 e. The predicted octanol–water partition coefficient (Wildman–Crippen LogP) is 2.47. The van der Waals surface area contributed by atoms with Crippen LogP contribution in [0.25, 0.3) is 11.3 Å². The van der Waals surface area contributed by atoms with Gasteiger partial charge in [-0.2, -0.15) is 23.4 Å². The number of nitrogens with one attached hydrogen (secondary N) is 1. The lowest BCUT2D eigenvalue weighted by Crippen LogP contribution is -2.27. The molecule has 0 amide bonds. The molecule has 0 radical (unpaired) electrons. The molecule has 0 saturated carbocycles. The molecule has 122 valence electrons. The molecule has 1 N–H and O–H groups in total. The van der Waals surface area contributed by atoms with Crippen LogP contribution in [0.4, 0.5) is 13.2 Å². The zero-order valence-electron chi connectivity index (χ0n) is 12.4. The summed E-state index contributed by atoms with van der Waals surface area (Å²) in [4.78, 5) is 0. The Morgan fingerprint density at radius 1 is 1.27 bits per heavy atom. The number of aryl methyl sites for hydroxylation is 2. The van der Waals surface area contributed by atoms with E-state index < -0.39 is 11.9 Å². The van der Waals surface area contributed by atoms with Crippen LogP contribution in [0.1, 0.15) is 29.9 Å². The van der Waals surface area contributed by atoms with Gasteiger partial charge in [-0.25, -0.2) is 0 Å². The molecule has 5 nitrogen and oxygen atoms in total. The highest BCUT2D eigenvalue weighted by molar-refractivity contribution is 5.85. The average Bonchev–Trinajstić information content (AvgIpc) is 2.89. The van der Waals surface area contributed by atoms with Crippen molar-refractivity contribution in [2.75, 3.05) is 6.54 Å². The average molecular weight is 336 g/mol. The standard InChI is InChI=1S/C13H16F3N5.ClH/c1-7-10-8(4-5-17-7)11(21(3)18-10)9-6-20(2)19-12(9)13(14,15)16;/h6-7,17H,4-5H2,1-3H3;1H/t7-;/m0./s1. The zero-order valence-corrected chi connectivity index (χ0v) is 13.2. The molecule has 0 aromatic carbocycles. The quantitative estimate of drug-likeness (QED) is 0.871. The molecular formula is C13H17ClF3N5. The summed E-state index contributed by atoms with van der Waals surface area (Å²) in [6, 6.07) is 0.0414. The second-order valence-corrected chi connectivity index (χ2v) is 5.32. The minimum atomic E-state index is -4.48. The fraction of sp³-hybridized carbons (Fsp3) is 0.538. The maximum Gasteiger partial charge on any atom is 0.435 e. The van der Waals surface area contributed by atoms with Gasteiger partial charge in [0.1, 0.15) is 0 Å². The first-order chi connectivity index (χ1) is 9.79. The molecule has 0 unspecified atom stereocenters. The van der Waals surface area contributed by atoms with Gasteiger partial charge in [0.15, 0.2) is 5.69 Å². The fourth-order valence-electron chi connectivity index (χ4n) is 2.90. The van der Waals surface area contributed by atoms with E-state index in [-0.39, 0.29) is 24.0 Å². The summed E-state index contributed by atoms with van der Waals surface area (Å²) < 4.78 is 42.3. The molecular weight excluding hydrogens is 319 g/mol. The maximum absolute atomic E-state index is 13.2. The van der Waals surface area contributed by atoms with Crippen molar-refractivity contribution in [3.63, 3.8) is 0 Å². The van der Waals surface area contributed by atoms with Crippen molar-refractivity contribution in [1.82, 2.24) is 24.9 Å². The second-order valence-electron chi connectivity index (χ2n) is 5.32. The molecule has 2 aromatic rings. The Balaban J connectivity index is 0.00000176. The molecule has 0 spiro atoms. The molecule has 22 heavy (non-hydrogen) atoms. The number of alkyl halides is 3. The van der Waals surface area contributed by atoms with Gasteiger partial charge in [-0.05, 0) is 19.9 Å². The number of aromatic nitrogens is 4. The Kier molecular flexibility index (Phi) is 4.27. The van der Waals surface area contributed by atoms with Gasteiger partial charge < -0.3 is 5.32 Å². The second kappa shape index (κ2) is 5.58. The van der Waals surface area contributed by atoms with E-state index in [1.807, 2.05) is 6.92 Å². The highest BCUT2D eigenvalue weighted by Crippen LogP contribution is 2.39. The summed E-state index contributed by atoms with van der Waals surface area (Å²) in [6.07, 6.45) is -2.41.